The molecule has 3 aromatic rings. The zero-order valence-corrected chi connectivity index (χ0v) is 13.8. The Bertz CT molecular complexity index is 745. The van der Waals surface area contributed by atoms with Gasteiger partial charge in [0, 0.05) is 14.5 Å². The monoisotopic (exact) mass is 313 g/mol. The Morgan fingerprint density at radius 2 is 2.00 bits per heavy atom. The number of fused-ring (bicyclic) bond motifs is 2. The number of thiophene rings is 2. The highest BCUT2D eigenvalue weighted by molar-refractivity contribution is 7.17. The van der Waals surface area contributed by atoms with Gasteiger partial charge in [0.25, 0.3) is 0 Å². The van der Waals surface area contributed by atoms with Crippen LogP contribution in [0.2, 0.25) is 0 Å². The molecule has 0 bridgehead atoms. The van der Waals surface area contributed by atoms with Gasteiger partial charge in [-0.1, -0.05) is 18.2 Å². The molecule has 4 rings (SSSR count). The fourth-order valence-corrected chi connectivity index (χ4v) is 5.70. The van der Waals surface area contributed by atoms with Gasteiger partial charge in [0.05, 0.1) is 6.04 Å². The van der Waals surface area contributed by atoms with Crippen molar-refractivity contribution in [2.45, 2.75) is 31.7 Å². The average molecular weight is 313 g/mol. The molecule has 108 valence electrons. The second kappa shape index (κ2) is 5.56. The summed E-state index contributed by atoms with van der Waals surface area (Å²) in [5, 5.41) is 7.26. The molecule has 0 aliphatic heterocycles. The molecule has 0 saturated carbocycles. The minimum atomic E-state index is 0.330. The van der Waals surface area contributed by atoms with E-state index >= 15 is 0 Å². The molecule has 0 amide bonds. The van der Waals surface area contributed by atoms with Gasteiger partial charge in [-0.3, -0.25) is 0 Å². The minimum Gasteiger partial charge on any atom is -0.309 e. The van der Waals surface area contributed by atoms with E-state index < -0.39 is 0 Å². The summed E-state index contributed by atoms with van der Waals surface area (Å²) >= 11 is 3.87. The number of rotatable bonds is 3. The van der Waals surface area contributed by atoms with E-state index in [1.54, 1.807) is 10.4 Å². The van der Waals surface area contributed by atoms with Crippen LogP contribution < -0.4 is 5.32 Å². The van der Waals surface area contributed by atoms with Crippen molar-refractivity contribution in [3.8, 4) is 0 Å². The Kier molecular flexibility index (Phi) is 3.57. The Hall–Kier alpha value is -1.16. The van der Waals surface area contributed by atoms with Crippen molar-refractivity contribution in [2.75, 3.05) is 7.05 Å². The quantitative estimate of drug-likeness (QED) is 0.705. The lowest BCUT2D eigenvalue weighted by atomic mass is 9.97. The highest BCUT2D eigenvalue weighted by atomic mass is 32.1. The van der Waals surface area contributed by atoms with E-state index in [0.29, 0.717) is 6.04 Å². The molecular weight excluding hydrogens is 294 g/mol. The SMILES string of the molecule is CNC(c1cc2c(s1)CCCC2)c1csc2ccccc12. The first kappa shape index (κ1) is 13.5. The van der Waals surface area contributed by atoms with Crippen molar-refractivity contribution in [2.24, 2.45) is 0 Å². The first-order valence-electron chi connectivity index (χ1n) is 7.61. The van der Waals surface area contributed by atoms with E-state index in [4.69, 9.17) is 0 Å². The maximum atomic E-state index is 3.54. The fourth-order valence-electron chi connectivity index (χ4n) is 3.33. The van der Waals surface area contributed by atoms with Crippen molar-refractivity contribution in [3.05, 3.63) is 56.6 Å². The second-order valence-corrected chi connectivity index (χ2v) is 7.79. The van der Waals surface area contributed by atoms with Crippen LogP contribution in [0.25, 0.3) is 10.1 Å². The third kappa shape index (κ3) is 2.33. The number of nitrogens with one attached hydrogen (secondary N) is 1. The summed E-state index contributed by atoms with van der Waals surface area (Å²) < 4.78 is 1.38. The standard InChI is InChI=1S/C18H19NS2/c1-19-18(14-11-20-16-9-5-3-7-13(14)16)17-10-12-6-2-4-8-15(12)21-17/h3,5,7,9-11,18-19H,2,4,6,8H2,1H3. The molecule has 1 atom stereocenters. The Balaban J connectivity index is 1.79. The maximum absolute atomic E-state index is 3.54. The van der Waals surface area contributed by atoms with Gasteiger partial charge in [-0.2, -0.15) is 0 Å². The molecule has 1 aromatic carbocycles. The third-order valence-electron chi connectivity index (χ3n) is 4.41. The normalized spacial score (nSPS) is 16.0. The zero-order valence-electron chi connectivity index (χ0n) is 12.2. The summed E-state index contributed by atoms with van der Waals surface area (Å²) in [6.45, 7) is 0. The topological polar surface area (TPSA) is 12.0 Å². The third-order valence-corrected chi connectivity index (χ3v) is 6.69. The van der Waals surface area contributed by atoms with Gasteiger partial charge >= 0.3 is 0 Å². The Morgan fingerprint density at radius 1 is 1.14 bits per heavy atom. The van der Waals surface area contributed by atoms with Gasteiger partial charge in [-0.05, 0) is 66.8 Å². The van der Waals surface area contributed by atoms with Crippen LogP contribution in [-0.4, -0.2) is 7.05 Å². The van der Waals surface area contributed by atoms with Crippen LogP contribution in [0.15, 0.2) is 35.7 Å². The van der Waals surface area contributed by atoms with Gasteiger partial charge in [0.15, 0.2) is 0 Å². The van der Waals surface area contributed by atoms with Crippen LogP contribution in [-0.2, 0) is 12.8 Å². The van der Waals surface area contributed by atoms with Crippen molar-refractivity contribution in [3.63, 3.8) is 0 Å². The number of hydrogen-bond acceptors (Lipinski definition) is 3. The van der Waals surface area contributed by atoms with E-state index in [0.717, 1.165) is 0 Å². The van der Waals surface area contributed by atoms with Crippen LogP contribution in [0.3, 0.4) is 0 Å². The smallest absolute Gasteiger partial charge is 0.0683 e. The Morgan fingerprint density at radius 3 is 2.86 bits per heavy atom. The molecule has 1 N–H and O–H groups in total. The molecule has 0 fully saturated rings. The number of aryl methyl sites for hydroxylation is 2. The molecule has 1 unspecified atom stereocenters. The lowest BCUT2D eigenvalue weighted by Gasteiger charge is -2.14. The lowest BCUT2D eigenvalue weighted by Crippen LogP contribution is -2.16. The molecule has 0 saturated heterocycles. The first-order valence-corrected chi connectivity index (χ1v) is 9.31. The Labute approximate surface area is 133 Å². The minimum absolute atomic E-state index is 0.330. The molecule has 1 aliphatic rings. The molecule has 0 radical (unpaired) electrons. The first-order chi connectivity index (χ1) is 10.4. The number of hydrogen-bond donors (Lipinski definition) is 1. The molecule has 3 heteroatoms. The average Bonchev–Trinajstić information content (AvgIpc) is 3.13. The summed E-state index contributed by atoms with van der Waals surface area (Å²) in [6.07, 6.45) is 5.26. The van der Waals surface area contributed by atoms with E-state index in [-0.39, 0.29) is 0 Å². The lowest BCUT2D eigenvalue weighted by molar-refractivity contribution is 0.693. The predicted molar refractivity (Wildman–Crippen MR) is 93.7 cm³/mol. The summed E-state index contributed by atoms with van der Waals surface area (Å²) in [4.78, 5) is 3.10. The summed E-state index contributed by atoms with van der Waals surface area (Å²) in [6, 6.07) is 11.5. The largest absolute Gasteiger partial charge is 0.309 e. The summed E-state index contributed by atoms with van der Waals surface area (Å²) in [5.41, 5.74) is 3.03. The van der Waals surface area contributed by atoms with E-state index in [2.05, 4.69) is 48.1 Å². The van der Waals surface area contributed by atoms with Crippen LogP contribution in [0.4, 0.5) is 0 Å². The van der Waals surface area contributed by atoms with Crippen LogP contribution >= 0.6 is 22.7 Å². The molecule has 2 aromatic heterocycles. The van der Waals surface area contributed by atoms with Crippen molar-refractivity contribution in [1.29, 1.82) is 0 Å². The predicted octanol–water partition coefficient (Wildman–Crippen LogP) is 5.15. The van der Waals surface area contributed by atoms with Crippen molar-refractivity contribution in [1.82, 2.24) is 5.32 Å². The fraction of sp³-hybridized carbons (Fsp3) is 0.333. The van der Waals surface area contributed by atoms with Crippen LogP contribution in [0.5, 0.6) is 0 Å². The zero-order chi connectivity index (χ0) is 14.2. The molecule has 21 heavy (non-hydrogen) atoms. The van der Waals surface area contributed by atoms with Crippen LogP contribution in [0.1, 0.15) is 39.8 Å². The van der Waals surface area contributed by atoms with E-state index in [1.807, 2.05) is 22.7 Å². The van der Waals surface area contributed by atoms with E-state index in [1.165, 1.54) is 46.2 Å². The highest BCUT2D eigenvalue weighted by Gasteiger charge is 2.21. The van der Waals surface area contributed by atoms with Gasteiger partial charge in [-0.15, -0.1) is 22.7 Å². The number of benzene rings is 1. The molecule has 1 nitrogen and oxygen atoms in total. The molecule has 1 aliphatic carbocycles. The molecule has 2 heterocycles. The molecular formula is C18H19NS2. The maximum Gasteiger partial charge on any atom is 0.0683 e. The summed E-state index contributed by atoms with van der Waals surface area (Å²) in [7, 11) is 2.08. The highest BCUT2D eigenvalue weighted by Crippen LogP contribution is 2.38. The van der Waals surface area contributed by atoms with Gasteiger partial charge in [0.2, 0.25) is 0 Å². The van der Waals surface area contributed by atoms with E-state index in [9.17, 15) is 0 Å². The summed E-state index contributed by atoms with van der Waals surface area (Å²) in [5.74, 6) is 0. The van der Waals surface area contributed by atoms with Crippen molar-refractivity contribution < 1.29 is 0 Å². The van der Waals surface area contributed by atoms with Crippen LogP contribution in [0, 0.1) is 0 Å². The van der Waals surface area contributed by atoms with Gasteiger partial charge in [-0.25, -0.2) is 0 Å². The molecule has 0 spiro atoms. The van der Waals surface area contributed by atoms with Gasteiger partial charge in [0.1, 0.15) is 0 Å². The second-order valence-electron chi connectivity index (χ2n) is 5.71. The van der Waals surface area contributed by atoms with Gasteiger partial charge < -0.3 is 5.32 Å². The van der Waals surface area contributed by atoms with Crippen molar-refractivity contribution >= 4 is 32.8 Å².